The second-order valence-corrected chi connectivity index (χ2v) is 4.37. The highest BCUT2D eigenvalue weighted by Crippen LogP contribution is 2.11. The van der Waals surface area contributed by atoms with Crippen LogP contribution in [0, 0.1) is 0 Å². The Morgan fingerprint density at radius 3 is 2.94 bits per heavy atom. The Bertz CT molecular complexity index is 187. The molecule has 0 radical (unpaired) electrons. The summed E-state index contributed by atoms with van der Waals surface area (Å²) in [6.07, 6.45) is 1.85. The fourth-order valence-corrected chi connectivity index (χ4v) is 1.75. The van der Waals surface area contributed by atoms with Crippen LogP contribution in [0.2, 0.25) is 0 Å². The fourth-order valence-electron chi connectivity index (χ4n) is 1.75. The van der Waals surface area contributed by atoms with Crippen molar-refractivity contribution in [1.82, 2.24) is 5.32 Å². The summed E-state index contributed by atoms with van der Waals surface area (Å²) in [5, 5.41) is 21.2. The lowest BCUT2D eigenvalue weighted by Crippen LogP contribution is -2.33. The molecule has 1 rings (SSSR count). The summed E-state index contributed by atoms with van der Waals surface area (Å²) in [4.78, 5) is 0. The molecular weight excluding hydrogens is 238 g/mol. The molecule has 6 heteroatoms. The van der Waals surface area contributed by atoms with Gasteiger partial charge in [-0.1, -0.05) is 0 Å². The van der Waals surface area contributed by atoms with E-state index in [1.54, 1.807) is 0 Å². The molecular formula is C12H25NO5. The van der Waals surface area contributed by atoms with Crippen molar-refractivity contribution in [3.8, 4) is 0 Å². The SMILES string of the molecule is OCCOCCNC[C@H](O)COC[C@@H]1CCCO1. The van der Waals surface area contributed by atoms with Crippen molar-refractivity contribution in [2.24, 2.45) is 0 Å². The van der Waals surface area contributed by atoms with Crippen molar-refractivity contribution in [2.75, 3.05) is 52.7 Å². The van der Waals surface area contributed by atoms with Gasteiger partial charge in [0.25, 0.3) is 0 Å². The van der Waals surface area contributed by atoms with Gasteiger partial charge in [0.15, 0.2) is 0 Å². The summed E-state index contributed by atoms with van der Waals surface area (Å²) in [6.45, 7) is 3.78. The standard InChI is InChI=1S/C12H25NO5/c14-4-7-16-6-3-13-8-11(15)9-17-10-12-2-1-5-18-12/h11-15H,1-10H2/t11-,12-/m0/s1. The van der Waals surface area contributed by atoms with Crippen LogP contribution in [0.15, 0.2) is 0 Å². The summed E-state index contributed by atoms with van der Waals surface area (Å²) >= 11 is 0. The van der Waals surface area contributed by atoms with Crippen LogP contribution < -0.4 is 5.32 Å². The third kappa shape index (κ3) is 7.97. The highest BCUT2D eigenvalue weighted by molar-refractivity contribution is 4.64. The predicted molar refractivity (Wildman–Crippen MR) is 66.6 cm³/mol. The number of ether oxygens (including phenoxy) is 3. The molecule has 0 aromatic rings. The molecule has 0 spiro atoms. The maximum Gasteiger partial charge on any atom is 0.0897 e. The van der Waals surface area contributed by atoms with Gasteiger partial charge in [-0.25, -0.2) is 0 Å². The highest BCUT2D eigenvalue weighted by atomic mass is 16.5. The van der Waals surface area contributed by atoms with E-state index in [0.717, 1.165) is 19.4 Å². The first-order chi connectivity index (χ1) is 8.83. The molecule has 1 aliphatic rings. The highest BCUT2D eigenvalue weighted by Gasteiger charge is 2.15. The van der Waals surface area contributed by atoms with E-state index < -0.39 is 6.10 Å². The zero-order chi connectivity index (χ0) is 13.1. The van der Waals surface area contributed by atoms with Gasteiger partial charge in [-0.2, -0.15) is 0 Å². The van der Waals surface area contributed by atoms with Crippen LogP contribution in [-0.4, -0.2) is 75.2 Å². The molecule has 0 aromatic carbocycles. The molecule has 18 heavy (non-hydrogen) atoms. The molecule has 0 amide bonds. The number of nitrogens with one attached hydrogen (secondary N) is 1. The van der Waals surface area contributed by atoms with Crippen LogP contribution >= 0.6 is 0 Å². The normalized spacial score (nSPS) is 21.3. The average Bonchev–Trinajstić information content (AvgIpc) is 2.87. The molecule has 0 unspecified atom stereocenters. The third-order valence-electron chi connectivity index (χ3n) is 2.68. The van der Waals surface area contributed by atoms with Crippen molar-refractivity contribution >= 4 is 0 Å². The van der Waals surface area contributed by atoms with E-state index in [1.165, 1.54) is 0 Å². The second kappa shape index (κ2) is 10.7. The first-order valence-corrected chi connectivity index (χ1v) is 6.59. The molecule has 3 N–H and O–H groups in total. The van der Waals surface area contributed by atoms with E-state index in [0.29, 0.717) is 39.5 Å². The van der Waals surface area contributed by atoms with Gasteiger partial charge in [-0.15, -0.1) is 0 Å². The zero-order valence-electron chi connectivity index (χ0n) is 10.8. The Hall–Kier alpha value is -0.240. The van der Waals surface area contributed by atoms with Crippen molar-refractivity contribution in [2.45, 2.75) is 25.0 Å². The molecule has 0 aromatic heterocycles. The lowest BCUT2D eigenvalue weighted by atomic mass is 10.2. The molecule has 2 atom stereocenters. The topological polar surface area (TPSA) is 80.2 Å². The van der Waals surface area contributed by atoms with E-state index in [-0.39, 0.29) is 12.7 Å². The summed E-state index contributed by atoms with van der Waals surface area (Å²) < 4.78 is 15.9. The van der Waals surface area contributed by atoms with Crippen molar-refractivity contribution in [3.05, 3.63) is 0 Å². The number of hydrogen-bond acceptors (Lipinski definition) is 6. The average molecular weight is 263 g/mol. The smallest absolute Gasteiger partial charge is 0.0897 e. The summed E-state index contributed by atoms with van der Waals surface area (Å²) in [6, 6.07) is 0. The lowest BCUT2D eigenvalue weighted by Gasteiger charge is -2.14. The van der Waals surface area contributed by atoms with E-state index in [4.69, 9.17) is 19.3 Å². The van der Waals surface area contributed by atoms with Gasteiger partial charge in [0.2, 0.25) is 0 Å². The Morgan fingerprint density at radius 1 is 1.33 bits per heavy atom. The number of hydrogen-bond donors (Lipinski definition) is 3. The first-order valence-electron chi connectivity index (χ1n) is 6.59. The van der Waals surface area contributed by atoms with Gasteiger partial charge < -0.3 is 29.7 Å². The minimum absolute atomic E-state index is 0.0414. The van der Waals surface area contributed by atoms with Gasteiger partial charge in [0.1, 0.15) is 0 Å². The monoisotopic (exact) mass is 263 g/mol. The van der Waals surface area contributed by atoms with Crippen LogP contribution in [0.4, 0.5) is 0 Å². The predicted octanol–water partition coefficient (Wildman–Crippen LogP) is -0.859. The molecule has 108 valence electrons. The van der Waals surface area contributed by atoms with E-state index in [1.807, 2.05) is 0 Å². The van der Waals surface area contributed by atoms with Gasteiger partial charge in [-0.3, -0.25) is 0 Å². The molecule has 1 fully saturated rings. The Kier molecular flexibility index (Phi) is 9.37. The number of rotatable bonds is 11. The molecule has 0 aliphatic carbocycles. The van der Waals surface area contributed by atoms with Gasteiger partial charge in [0, 0.05) is 19.7 Å². The quantitative estimate of drug-likeness (QED) is 0.421. The van der Waals surface area contributed by atoms with E-state index in [9.17, 15) is 5.11 Å². The first kappa shape index (κ1) is 15.8. The van der Waals surface area contributed by atoms with Crippen LogP contribution in [0.5, 0.6) is 0 Å². The number of aliphatic hydroxyl groups is 2. The Balaban J connectivity index is 1.82. The molecule has 1 heterocycles. The fraction of sp³-hybridized carbons (Fsp3) is 1.00. The molecule has 0 bridgehead atoms. The second-order valence-electron chi connectivity index (χ2n) is 4.37. The Morgan fingerprint density at radius 2 is 2.22 bits per heavy atom. The van der Waals surface area contributed by atoms with Crippen LogP contribution in [0.3, 0.4) is 0 Å². The van der Waals surface area contributed by atoms with Gasteiger partial charge in [0.05, 0.1) is 45.2 Å². The molecule has 6 nitrogen and oxygen atoms in total. The lowest BCUT2D eigenvalue weighted by molar-refractivity contribution is -0.0167. The van der Waals surface area contributed by atoms with Gasteiger partial charge >= 0.3 is 0 Å². The molecule has 1 saturated heterocycles. The minimum Gasteiger partial charge on any atom is -0.394 e. The zero-order valence-corrected chi connectivity index (χ0v) is 10.8. The Labute approximate surface area is 108 Å². The minimum atomic E-state index is -0.510. The molecule has 1 aliphatic heterocycles. The molecule has 0 saturated carbocycles. The van der Waals surface area contributed by atoms with Crippen molar-refractivity contribution in [1.29, 1.82) is 0 Å². The largest absolute Gasteiger partial charge is 0.394 e. The van der Waals surface area contributed by atoms with Crippen molar-refractivity contribution < 1.29 is 24.4 Å². The van der Waals surface area contributed by atoms with Crippen LogP contribution in [-0.2, 0) is 14.2 Å². The summed E-state index contributed by atoms with van der Waals surface area (Å²) in [7, 11) is 0. The van der Waals surface area contributed by atoms with E-state index in [2.05, 4.69) is 5.32 Å². The third-order valence-corrected chi connectivity index (χ3v) is 2.68. The maximum absolute atomic E-state index is 9.62. The maximum atomic E-state index is 9.62. The summed E-state index contributed by atoms with van der Waals surface area (Å²) in [5.41, 5.74) is 0. The van der Waals surface area contributed by atoms with Crippen molar-refractivity contribution in [3.63, 3.8) is 0 Å². The number of aliphatic hydroxyl groups excluding tert-OH is 2. The van der Waals surface area contributed by atoms with E-state index >= 15 is 0 Å². The van der Waals surface area contributed by atoms with Crippen LogP contribution in [0.1, 0.15) is 12.8 Å². The summed E-state index contributed by atoms with van der Waals surface area (Å²) in [5.74, 6) is 0. The van der Waals surface area contributed by atoms with Crippen LogP contribution in [0.25, 0.3) is 0 Å². The van der Waals surface area contributed by atoms with Gasteiger partial charge in [-0.05, 0) is 12.8 Å².